The smallest absolute Gasteiger partial charge is 0.338 e. The Labute approximate surface area is 237 Å². The number of hydrogen-bond acceptors (Lipinski definition) is 4. The van der Waals surface area contributed by atoms with Crippen LogP contribution in [0.3, 0.4) is 0 Å². The monoisotopic (exact) mass is 589 g/mol. The van der Waals surface area contributed by atoms with Crippen molar-refractivity contribution in [2.75, 3.05) is 0 Å². The van der Waals surface area contributed by atoms with Gasteiger partial charge in [0, 0.05) is 37.7 Å². The van der Waals surface area contributed by atoms with Crippen LogP contribution in [0.5, 0.6) is 5.75 Å². The van der Waals surface area contributed by atoms with Crippen LogP contribution >= 0.6 is 57.7 Å². The van der Waals surface area contributed by atoms with Crippen LogP contribution in [-0.2, 0) is 6.42 Å². The Hall–Kier alpha value is -2.67. The number of furan rings is 1. The Balaban J connectivity index is 1.54. The maximum absolute atomic E-state index is 12.4. The highest BCUT2D eigenvalue weighted by Crippen LogP contribution is 2.40. The molecule has 0 saturated carbocycles. The van der Waals surface area contributed by atoms with Crippen LogP contribution in [0.15, 0.2) is 77.2 Å². The molecule has 0 fully saturated rings. The van der Waals surface area contributed by atoms with E-state index < -0.39 is 9.89 Å². The second-order valence-electron chi connectivity index (χ2n) is 8.40. The lowest BCUT2D eigenvalue weighted by Gasteiger charge is -2.16. The number of rotatable bonds is 6. The van der Waals surface area contributed by atoms with Gasteiger partial charge in [0.25, 0.3) is 5.91 Å². The van der Waals surface area contributed by atoms with E-state index in [1.165, 1.54) is 0 Å². The quantitative estimate of drug-likeness (QED) is 0.200. The predicted molar refractivity (Wildman–Crippen MR) is 153 cm³/mol. The molecule has 0 atom stereocenters. The van der Waals surface area contributed by atoms with Gasteiger partial charge >= 0.3 is 3.98 Å². The summed E-state index contributed by atoms with van der Waals surface area (Å²) in [5.41, 5.74) is 10.6. The van der Waals surface area contributed by atoms with Crippen LogP contribution in [0, 0.1) is 6.92 Å². The molecule has 0 radical (unpaired) electrons. The molecule has 2 aromatic heterocycles. The van der Waals surface area contributed by atoms with Gasteiger partial charge in [0.05, 0.1) is 0 Å². The van der Waals surface area contributed by atoms with Crippen molar-refractivity contribution in [3.8, 4) is 27.3 Å². The number of amides is 1. The van der Waals surface area contributed by atoms with Crippen LogP contribution in [0.4, 0.5) is 0 Å². The van der Waals surface area contributed by atoms with Gasteiger partial charge in [-0.1, -0.05) is 41.9 Å². The third kappa shape index (κ3) is 5.47. The lowest BCUT2D eigenvalue weighted by molar-refractivity contribution is 0.0975. The normalized spacial score (nSPS) is 11.7. The zero-order chi connectivity index (χ0) is 26.3. The minimum absolute atomic E-state index is 0.147. The van der Waals surface area contributed by atoms with Crippen molar-refractivity contribution in [3.05, 3.63) is 99.6 Å². The average Bonchev–Trinajstić information content (AvgIpc) is 3.45. The topological polar surface area (TPSA) is 65.5 Å². The van der Waals surface area contributed by atoms with E-state index in [2.05, 4.69) is 0 Å². The van der Waals surface area contributed by atoms with Crippen LogP contribution in [-0.4, -0.2) is 9.89 Å². The summed E-state index contributed by atoms with van der Waals surface area (Å²) in [6.07, 6.45) is 0.463. The Morgan fingerprint density at radius 1 is 1.00 bits per heavy atom. The van der Waals surface area contributed by atoms with Crippen molar-refractivity contribution in [3.63, 3.8) is 0 Å². The molecule has 9 heteroatoms. The summed E-state index contributed by atoms with van der Waals surface area (Å²) in [6.45, 7) is 1.89. The maximum atomic E-state index is 12.4. The number of hydrogen-bond donors (Lipinski definition) is 1. The number of alkyl halides is 3. The standard InChI is InChI=1S/C28H19Cl4NO3S/c1-15-13-16(9-11-22(15)36-28(30,31)32)24-12-10-17(37-24)14-20-25-19(18-5-2-3-7-21(18)29)6-4-8-23(25)35-26(20)27(33)34/h2-13H,14H2,1H3,(H2,33,34). The Morgan fingerprint density at radius 2 is 1.76 bits per heavy atom. The van der Waals surface area contributed by atoms with Gasteiger partial charge in [0.2, 0.25) is 0 Å². The third-order valence-corrected chi connectivity index (χ3v) is 7.60. The molecule has 5 rings (SSSR count). The number of nitrogens with two attached hydrogens (primary N) is 1. The van der Waals surface area contributed by atoms with Gasteiger partial charge in [0.1, 0.15) is 11.3 Å². The molecule has 188 valence electrons. The zero-order valence-electron chi connectivity index (χ0n) is 19.4. The zero-order valence-corrected chi connectivity index (χ0v) is 23.2. The van der Waals surface area contributed by atoms with E-state index in [0.29, 0.717) is 22.8 Å². The Morgan fingerprint density at radius 3 is 2.46 bits per heavy atom. The summed E-state index contributed by atoms with van der Waals surface area (Å²) in [7, 11) is 0. The van der Waals surface area contributed by atoms with Crippen molar-refractivity contribution in [2.24, 2.45) is 5.73 Å². The van der Waals surface area contributed by atoms with E-state index in [1.54, 1.807) is 17.4 Å². The molecule has 4 nitrogen and oxygen atoms in total. The summed E-state index contributed by atoms with van der Waals surface area (Å²) in [5, 5.41) is 1.43. The lowest BCUT2D eigenvalue weighted by atomic mass is 9.96. The molecule has 0 saturated heterocycles. The minimum atomic E-state index is -1.84. The molecule has 0 bridgehead atoms. The number of fused-ring (bicyclic) bond motifs is 1. The van der Waals surface area contributed by atoms with E-state index in [-0.39, 0.29) is 5.76 Å². The molecule has 1 amide bonds. The first kappa shape index (κ1) is 26.0. The van der Waals surface area contributed by atoms with E-state index in [0.717, 1.165) is 43.0 Å². The van der Waals surface area contributed by atoms with Crippen molar-refractivity contribution in [1.29, 1.82) is 0 Å². The second kappa shape index (κ2) is 10.2. The molecule has 3 aromatic carbocycles. The number of thiophene rings is 1. The highest BCUT2D eigenvalue weighted by molar-refractivity contribution is 7.15. The number of carbonyl (C=O) groups is 1. The summed E-state index contributed by atoms with van der Waals surface area (Å²) in [6, 6.07) is 23.0. The highest BCUT2D eigenvalue weighted by atomic mass is 35.6. The van der Waals surface area contributed by atoms with Crippen molar-refractivity contribution >= 4 is 74.6 Å². The molecule has 0 spiro atoms. The number of halogens is 4. The van der Waals surface area contributed by atoms with Crippen molar-refractivity contribution in [1.82, 2.24) is 0 Å². The van der Waals surface area contributed by atoms with Gasteiger partial charge in [-0.05, 0) is 101 Å². The van der Waals surface area contributed by atoms with Crippen molar-refractivity contribution in [2.45, 2.75) is 17.3 Å². The number of ether oxygens (including phenoxy) is 1. The van der Waals surface area contributed by atoms with Crippen LogP contribution in [0.2, 0.25) is 5.02 Å². The number of primary amides is 1. The molecule has 2 N–H and O–H groups in total. The Kier molecular flexibility index (Phi) is 7.18. The van der Waals surface area contributed by atoms with Gasteiger partial charge in [-0.15, -0.1) is 11.3 Å². The van der Waals surface area contributed by atoms with Gasteiger partial charge in [-0.3, -0.25) is 4.79 Å². The van der Waals surface area contributed by atoms with Gasteiger partial charge < -0.3 is 14.9 Å². The molecular formula is C28H19Cl4NO3S. The first-order chi connectivity index (χ1) is 17.6. The molecule has 0 aliphatic carbocycles. The average molecular weight is 591 g/mol. The fourth-order valence-electron chi connectivity index (χ4n) is 4.33. The summed E-state index contributed by atoms with van der Waals surface area (Å²) in [5.74, 6) is 0.0188. The predicted octanol–water partition coefficient (Wildman–Crippen LogP) is 9.19. The number of aryl methyl sites for hydroxylation is 1. The minimum Gasteiger partial charge on any atom is -0.451 e. The summed E-state index contributed by atoms with van der Waals surface area (Å²) >= 11 is 25.4. The third-order valence-electron chi connectivity index (χ3n) is 5.90. The van der Waals surface area contributed by atoms with E-state index in [9.17, 15) is 4.79 Å². The lowest BCUT2D eigenvalue weighted by Crippen LogP contribution is -2.13. The molecule has 5 aromatic rings. The second-order valence-corrected chi connectivity index (χ2v) is 12.2. The first-order valence-corrected chi connectivity index (χ1v) is 13.5. The van der Waals surface area contributed by atoms with Gasteiger partial charge in [-0.2, -0.15) is 0 Å². The molecule has 0 unspecified atom stereocenters. The number of carbonyl (C=O) groups excluding carboxylic acids is 1. The van der Waals surface area contributed by atoms with Crippen molar-refractivity contribution < 1.29 is 13.9 Å². The maximum Gasteiger partial charge on any atom is 0.338 e. The molecule has 0 aliphatic heterocycles. The first-order valence-electron chi connectivity index (χ1n) is 11.2. The van der Waals surface area contributed by atoms with Gasteiger partial charge in [-0.25, -0.2) is 0 Å². The number of benzene rings is 3. The van der Waals surface area contributed by atoms with Crippen LogP contribution in [0.25, 0.3) is 32.5 Å². The summed E-state index contributed by atoms with van der Waals surface area (Å²) in [4.78, 5) is 14.4. The molecule has 0 aliphatic rings. The SMILES string of the molecule is Cc1cc(-c2ccc(Cc3c(C(N)=O)oc4cccc(-c5ccccc5Cl)c34)s2)ccc1OC(Cl)(Cl)Cl. The fourth-order valence-corrected chi connectivity index (χ4v) is 5.83. The van der Waals surface area contributed by atoms with Gasteiger partial charge in [0.15, 0.2) is 5.76 Å². The molecule has 2 heterocycles. The molecular weight excluding hydrogens is 572 g/mol. The van der Waals surface area contributed by atoms with Crippen LogP contribution in [0.1, 0.15) is 26.6 Å². The molecule has 37 heavy (non-hydrogen) atoms. The largest absolute Gasteiger partial charge is 0.451 e. The van der Waals surface area contributed by atoms with E-state index >= 15 is 0 Å². The fraction of sp³-hybridized carbons (Fsp3) is 0.107. The van der Waals surface area contributed by atoms with E-state index in [1.807, 2.05) is 73.7 Å². The highest BCUT2D eigenvalue weighted by Gasteiger charge is 2.24. The van der Waals surface area contributed by atoms with E-state index in [4.69, 9.17) is 61.3 Å². The summed E-state index contributed by atoms with van der Waals surface area (Å²) < 4.78 is 9.47. The van der Waals surface area contributed by atoms with Crippen LogP contribution < -0.4 is 10.5 Å². The Bertz CT molecular complexity index is 1630.